The van der Waals surface area contributed by atoms with Crippen LogP contribution in [-0.2, 0) is 0 Å². The van der Waals surface area contributed by atoms with E-state index in [4.69, 9.17) is 15.0 Å². The number of benzene rings is 8. The second-order valence-electron chi connectivity index (χ2n) is 14.4. The first-order chi connectivity index (χ1) is 28.2. The molecule has 4 aromatic heterocycles. The van der Waals surface area contributed by atoms with E-state index in [2.05, 4.69) is 126 Å². The summed E-state index contributed by atoms with van der Waals surface area (Å²) in [5.41, 5.74) is 9.02. The second-order valence-corrected chi connectivity index (χ2v) is 16.6. The van der Waals surface area contributed by atoms with Crippen LogP contribution in [0.4, 0.5) is 0 Å². The van der Waals surface area contributed by atoms with Crippen molar-refractivity contribution in [1.29, 1.82) is 0 Å². The molecule has 12 aromatic rings. The van der Waals surface area contributed by atoms with Gasteiger partial charge >= 0.3 is 0 Å². The molecule has 12 rings (SSSR count). The van der Waals surface area contributed by atoms with Gasteiger partial charge in [0.25, 0.3) is 0 Å². The van der Waals surface area contributed by atoms with Gasteiger partial charge in [-0.1, -0.05) is 140 Å². The highest BCUT2D eigenvalue weighted by atomic mass is 32.1. The van der Waals surface area contributed by atoms with Crippen LogP contribution in [0.2, 0.25) is 0 Å². The second kappa shape index (κ2) is 12.8. The molecule has 0 atom stereocenters. The maximum absolute atomic E-state index is 4.99. The van der Waals surface area contributed by atoms with Crippen molar-refractivity contribution in [3.63, 3.8) is 0 Å². The van der Waals surface area contributed by atoms with Gasteiger partial charge in [0.05, 0.1) is 11.0 Å². The van der Waals surface area contributed by atoms with E-state index < -0.39 is 0 Å². The highest BCUT2D eigenvalue weighted by Gasteiger charge is 2.18. The molecule has 0 aliphatic heterocycles. The van der Waals surface area contributed by atoms with Crippen molar-refractivity contribution in [2.75, 3.05) is 0 Å². The van der Waals surface area contributed by atoms with E-state index in [9.17, 15) is 0 Å². The largest absolute Gasteiger partial charge is 0.309 e. The van der Waals surface area contributed by atoms with Crippen LogP contribution in [0.25, 0.3) is 113 Å². The molecule has 6 heteroatoms. The molecule has 0 unspecified atom stereocenters. The zero-order valence-electron chi connectivity index (χ0n) is 30.4. The average Bonchev–Trinajstić information content (AvgIpc) is 3.95. The Morgan fingerprint density at radius 1 is 0.333 bits per heavy atom. The van der Waals surface area contributed by atoms with Crippen molar-refractivity contribution < 1.29 is 0 Å². The fourth-order valence-corrected chi connectivity index (χ4v) is 10.8. The van der Waals surface area contributed by atoms with Crippen LogP contribution in [0.3, 0.4) is 0 Å². The first kappa shape index (κ1) is 32.3. The van der Waals surface area contributed by atoms with Crippen LogP contribution in [0.15, 0.2) is 182 Å². The summed E-state index contributed by atoms with van der Waals surface area (Å²) in [6.07, 6.45) is 0. The van der Waals surface area contributed by atoms with Gasteiger partial charge in [-0.2, -0.15) is 0 Å². The lowest BCUT2D eigenvalue weighted by Crippen LogP contribution is -1.99. The topological polar surface area (TPSA) is 43.6 Å². The van der Waals surface area contributed by atoms with E-state index >= 15 is 0 Å². The van der Waals surface area contributed by atoms with Crippen LogP contribution in [0.5, 0.6) is 0 Å². The Morgan fingerprint density at radius 2 is 0.842 bits per heavy atom. The predicted molar refractivity (Wildman–Crippen MR) is 242 cm³/mol. The van der Waals surface area contributed by atoms with Gasteiger partial charge in [0, 0.05) is 73.5 Å². The van der Waals surface area contributed by atoms with Gasteiger partial charge in [-0.15, -0.1) is 22.7 Å². The van der Waals surface area contributed by atoms with Crippen molar-refractivity contribution in [3.05, 3.63) is 182 Å². The van der Waals surface area contributed by atoms with Gasteiger partial charge in [0.1, 0.15) is 0 Å². The summed E-state index contributed by atoms with van der Waals surface area (Å²) in [6.45, 7) is 0. The normalized spacial score (nSPS) is 11.9. The summed E-state index contributed by atoms with van der Waals surface area (Å²) in [4.78, 5) is 14.9. The van der Waals surface area contributed by atoms with Crippen molar-refractivity contribution in [1.82, 2.24) is 19.5 Å². The molecule has 0 aliphatic rings. The number of nitrogens with zero attached hydrogens (tertiary/aromatic N) is 4. The molecule has 0 spiro atoms. The van der Waals surface area contributed by atoms with Crippen LogP contribution >= 0.6 is 22.7 Å². The molecular formula is C51H30N4S2. The number of rotatable bonds is 5. The summed E-state index contributed by atoms with van der Waals surface area (Å²) < 4.78 is 7.46. The molecule has 0 bridgehead atoms. The maximum Gasteiger partial charge on any atom is 0.164 e. The van der Waals surface area contributed by atoms with Crippen molar-refractivity contribution in [3.8, 4) is 51.0 Å². The molecule has 4 heterocycles. The minimum Gasteiger partial charge on any atom is -0.309 e. The lowest BCUT2D eigenvalue weighted by atomic mass is 9.98. The third-order valence-corrected chi connectivity index (χ3v) is 13.3. The minimum absolute atomic E-state index is 0.665. The zero-order valence-corrected chi connectivity index (χ0v) is 32.1. The average molecular weight is 763 g/mol. The molecule has 0 radical (unpaired) electrons. The summed E-state index contributed by atoms with van der Waals surface area (Å²) in [6, 6.07) is 65.0. The third kappa shape index (κ3) is 5.22. The van der Waals surface area contributed by atoms with Crippen LogP contribution in [-0.4, -0.2) is 19.5 Å². The molecule has 4 nitrogen and oxygen atoms in total. The lowest BCUT2D eigenvalue weighted by Gasteiger charge is -2.09. The van der Waals surface area contributed by atoms with E-state index in [-0.39, 0.29) is 0 Å². The van der Waals surface area contributed by atoms with Gasteiger partial charge in [-0.25, -0.2) is 15.0 Å². The highest BCUT2D eigenvalue weighted by molar-refractivity contribution is 7.26. The molecular weight excluding hydrogens is 733 g/mol. The Kier molecular flexibility index (Phi) is 7.24. The van der Waals surface area contributed by atoms with E-state index in [1.165, 1.54) is 79.0 Å². The van der Waals surface area contributed by atoms with E-state index in [1.54, 1.807) is 0 Å². The van der Waals surface area contributed by atoms with Crippen molar-refractivity contribution in [2.45, 2.75) is 0 Å². The van der Waals surface area contributed by atoms with Gasteiger partial charge in [0.2, 0.25) is 0 Å². The zero-order chi connectivity index (χ0) is 37.5. The van der Waals surface area contributed by atoms with Crippen molar-refractivity contribution in [2.24, 2.45) is 0 Å². The Hall–Kier alpha value is -6.99. The van der Waals surface area contributed by atoms with Gasteiger partial charge in [0.15, 0.2) is 17.5 Å². The number of fused-ring (bicyclic) bond motifs is 9. The van der Waals surface area contributed by atoms with Crippen LogP contribution < -0.4 is 0 Å². The number of aromatic nitrogens is 4. The maximum atomic E-state index is 4.99. The van der Waals surface area contributed by atoms with Crippen LogP contribution in [0, 0.1) is 0 Å². The third-order valence-electron chi connectivity index (χ3n) is 11.1. The summed E-state index contributed by atoms with van der Waals surface area (Å²) in [7, 11) is 0. The lowest BCUT2D eigenvalue weighted by molar-refractivity contribution is 1.07. The summed E-state index contributed by atoms with van der Waals surface area (Å²) in [5, 5.41) is 7.65. The Bertz CT molecular complexity index is 3410. The van der Waals surface area contributed by atoms with E-state index in [0.29, 0.717) is 17.5 Å². The minimum atomic E-state index is 0.665. The highest BCUT2D eigenvalue weighted by Crippen LogP contribution is 2.44. The Labute approximate surface area is 335 Å². The molecule has 57 heavy (non-hydrogen) atoms. The molecule has 8 aromatic carbocycles. The standard InChI is InChI=1S/C51H30N4S2/c1-3-12-31(13-4-1)49-52-50(32-14-5-2-6-15-32)54-51(53-49)34-23-26-40-39-25-22-33(28-45(39)57-46(40)29-34)36-18-11-21-44-48(36)41-27-24-35(30-47(41)56-44)55-42-19-9-7-16-37(42)38-17-8-10-20-43(38)55/h1-30H. The fraction of sp³-hybridized carbons (Fsp3) is 0. The quantitative estimate of drug-likeness (QED) is 0.175. The molecule has 0 saturated heterocycles. The Balaban J connectivity index is 0.958. The number of hydrogen-bond acceptors (Lipinski definition) is 5. The summed E-state index contributed by atoms with van der Waals surface area (Å²) in [5.74, 6) is 2.00. The van der Waals surface area contributed by atoms with E-state index in [0.717, 1.165) is 16.7 Å². The Morgan fingerprint density at radius 3 is 1.49 bits per heavy atom. The molecule has 266 valence electrons. The molecule has 0 amide bonds. The SMILES string of the molecule is c1ccc(-c2nc(-c3ccccc3)nc(-c3ccc4c(c3)sc3cc(-c5cccc6sc7cc(-n8c9ccccc9c9ccccc98)ccc7c56)ccc34)n2)cc1. The van der Waals surface area contributed by atoms with Crippen LogP contribution in [0.1, 0.15) is 0 Å². The molecule has 0 fully saturated rings. The first-order valence-electron chi connectivity index (χ1n) is 19.0. The molecule has 0 N–H and O–H groups in total. The number of para-hydroxylation sites is 2. The predicted octanol–water partition coefficient (Wildman–Crippen LogP) is 14.4. The van der Waals surface area contributed by atoms with Crippen molar-refractivity contribution >= 4 is 84.8 Å². The summed E-state index contributed by atoms with van der Waals surface area (Å²) >= 11 is 3.69. The van der Waals surface area contributed by atoms with Gasteiger partial charge in [-0.05, 0) is 53.6 Å². The first-order valence-corrected chi connectivity index (χ1v) is 20.6. The van der Waals surface area contributed by atoms with E-state index in [1.807, 2.05) is 83.3 Å². The van der Waals surface area contributed by atoms with Gasteiger partial charge < -0.3 is 4.57 Å². The molecule has 0 saturated carbocycles. The monoisotopic (exact) mass is 762 g/mol. The smallest absolute Gasteiger partial charge is 0.164 e. The van der Waals surface area contributed by atoms with Gasteiger partial charge in [-0.3, -0.25) is 0 Å². The number of thiophene rings is 2. The number of hydrogen-bond donors (Lipinski definition) is 0. The molecule has 0 aliphatic carbocycles. The fourth-order valence-electron chi connectivity index (χ4n) is 8.42.